The second-order valence-electron chi connectivity index (χ2n) is 7.23. The van der Waals surface area contributed by atoms with Crippen molar-refractivity contribution in [2.24, 2.45) is 23.7 Å². The number of amides is 2. The summed E-state index contributed by atoms with van der Waals surface area (Å²) >= 11 is 0. The van der Waals surface area contributed by atoms with Crippen LogP contribution in [0.4, 0.5) is 5.69 Å². The predicted molar refractivity (Wildman–Crippen MR) is 96.4 cm³/mol. The Hall–Kier alpha value is -2.69. The Balaban J connectivity index is 1.69. The van der Waals surface area contributed by atoms with E-state index in [1.54, 1.807) is 31.2 Å². The van der Waals surface area contributed by atoms with Gasteiger partial charge in [0.1, 0.15) is 0 Å². The van der Waals surface area contributed by atoms with Gasteiger partial charge in [0.05, 0.1) is 29.7 Å². The first-order valence-corrected chi connectivity index (χ1v) is 8.96. The van der Waals surface area contributed by atoms with Gasteiger partial charge in [-0.05, 0) is 39.0 Å². The van der Waals surface area contributed by atoms with Gasteiger partial charge < -0.3 is 4.74 Å². The lowest BCUT2D eigenvalue weighted by Crippen LogP contribution is -2.33. The van der Waals surface area contributed by atoms with E-state index in [1.165, 1.54) is 16.0 Å². The lowest BCUT2D eigenvalue weighted by molar-refractivity contribution is -0.122. The maximum Gasteiger partial charge on any atom is 0.338 e. The summed E-state index contributed by atoms with van der Waals surface area (Å²) in [6.45, 7) is 6.09. The Morgan fingerprint density at radius 1 is 1.08 bits per heavy atom. The maximum atomic E-state index is 13.1. The highest BCUT2D eigenvalue weighted by Crippen LogP contribution is 2.57. The van der Waals surface area contributed by atoms with E-state index < -0.39 is 5.97 Å². The highest BCUT2D eigenvalue weighted by Gasteiger charge is 2.61. The van der Waals surface area contributed by atoms with Crippen LogP contribution in [0.2, 0.25) is 0 Å². The van der Waals surface area contributed by atoms with Crippen LogP contribution in [-0.2, 0) is 14.3 Å². The normalized spacial score (nSPS) is 28.7. The van der Waals surface area contributed by atoms with E-state index in [2.05, 4.69) is 12.2 Å². The zero-order valence-electron chi connectivity index (χ0n) is 15.1. The first-order chi connectivity index (χ1) is 12.5. The van der Waals surface area contributed by atoms with Crippen molar-refractivity contribution in [3.63, 3.8) is 0 Å². The molecule has 5 heteroatoms. The lowest BCUT2D eigenvalue weighted by atomic mass is 9.85. The average molecular weight is 351 g/mol. The SMILES string of the molecule is CCOC(=O)c1cccc(N2C(=O)C3C4C=CC(C4=C(C)C)C3C2=O)c1. The Labute approximate surface area is 152 Å². The van der Waals surface area contributed by atoms with Crippen molar-refractivity contribution in [1.29, 1.82) is 0 Å². The smallest absolute Gasteiger partial charge is 0.338 e. The Kier molecular flexibility index (Phi) is 3.83. The van der Waals surface area contributed by atoms with Gasteiger partial charge in [0.2, 0.25) is 11.8 Å². The van der Waals surface area contributed by atoms with Crippen molar-refractivity contribution in [3.8, 4) is 0 Å². The zero-order chi connectivity index (χ0) is 18.6. The molecule has 2 fully saturated rings. The van der Waals surface area contributed by atoms with Crippen molar-refractivity contribution < 1.29 is 19.1 Å². The number of fused-ring (bicyclic) bond motifs is 5. The van der Waals surface area contributed by atoms with E-state index in [9.17, 15) is 14.4 Å². The molecule has 4 atom stereocenters. The standard InChI is InChI=1S/C21H21NO4/c1-4-26-21(25)12-6-5-7-13(10-12)22-19(23)17-14-8-9-15(16(14)11(2)3)18(17)20(22)24/h5-10,14-15,17-18H,4H2,1-3H3. The number of ether oxygens (including phenoxy) is 1. The van der Waals surface area contributed by atoms with E-state index in [0.29, 0.717) is 11.3 Å². The Bertz CT molecular complexity index is 844. The summed E-state index contributed by atoms with van der Waals surface area (Å²) in [7, 11) is 0. The number of imide groups is 1. The summed E-state index contributed by atoms with van der Waals surface area (Å²) in [6.07, 6.45) is 4.13. The maximum absolute atomic E-state index is 13.1. The number of nitrogens with zero attached hydrogens (tertiary/aromatic N) is 1. The van der Waals surface area contributed by atoms with Crippen LogP contribution in [0.1, 0.15) is 31.1 Å². The number of carbonyl (C=O) groups excluding carboxylic acids is 3. The summed E-state index contributed by atoms with van der Waals surface area (Å²) in [5.74, 6) is -1.41. The lowest BCUT2D eigenvalue weighted by Gasteiger charge is -2.19. The van der Waals surface area contributed by atoms with Crippen molar-refractivity contribution in [2.75, 3.05) is 11.5 Å². The van der Waals surface area contributed by atoms with E-state index in [-0.39, 0.29) is 42.1 Å². The first kappa shape index (κ1) is 16.8. The minimum Gasteiger partial charge on any atom is -0.462 e. The molecule has 1 aliphatic heterocycles. The van der Waals surface area contributed by atoms with Gasteiger partial charge >= 0.3 is 5.97 Å². The van der Waals surface area contributed by atoms with Gasteiger partial charge in [0, 0.05) is 11.8 Å². The van der Waals surface area contributed by atoms with E-state index in [0.717, 1.165) is 0 Å². The van der Waals surface area contributed by atoms with Crippen LogP contribution in [-0.4, -0.2) is 24.4 Å². The summed E-state index contributed by atoms with van der Waals surface area (Å²) < 4.78 is 5.01. The number of hydrogen-bond acceptors (Lipinski definition) is 4. The summed E-state index contributed by atoms with van der Waals surface area (Å²) in [6, 6.07) is 6.55. The molecule has 3 aliphatic rings. The quantitative estimate of drug-likeness (QED) is 0.477. The fraction of sp³-hybridized carbons (Fsp3) is 0.381. The number of esters is 1. The minimum atomic E-state index is -0.456. The Morgan fingerprint density at radius 3 is 2.23 bits per heavy atom. The van der Waals surface area contributed by atoms with Crippen LogP contribution in [0, 0.1) is 23.7 Å². The second-order valence-corrected chi connectivity index (χ2v) is 7.23. The molecule has 2 bridgehead atoms. The molecule has 1 aromatic carbocycles. The van der Waals surface area contributed by atoms with Crippen molar-refractivity contribution in [3.05, 3.63) is 53.1 Å². The molecule has 26 heavy (non-hydrogen) atoms. The molecule has 1 heterocycles. The number of carbonyl (C=O) groups is 3. The van der Waals surface area contributed by atoms with Gasteiger partial charge in [0.15, 0.2) is 0 Å². The predicted octanol–water partition coefficient (Wildman–Crippen LogP) is 3.12. The van der Waals surface area contributed by atoms with Crippen LogP contribution < -0.4 is 4.90 Å². The average Bonchev–Trinajstić information content (AvgIpc) is 3.25. The number of benzene rings is 1. The van der Waals surface area contributed by atoms with E-state index in [4.69, 9.17) is 4.74 Å². The zero-order valence-corrected chi connectivity index (χ0v) is 15.1. The molecule has 2 amide bonds. The molecule has 1 aromatic rings. The van der Waals surface area contributed by atoms with Crippen LogP contribution in [0.5, 0.6) is 0 Å². The molecule has 1 saturated heterocycles. The molecule has 1 saturated carbocycles. The molecule has 0 radical (unpaired) electrons. The third-order valence-electron chi connectivity index (χ3n) is 5.61. The van der Waals surface area contributed by atoms with Crippen molar-refractivity contribution in [2.45, 2.75) is 20.8 Å². The third kappa shape index (κ3) is 2.19. The van der Waals surface area contributed by atoms with Crippen LogP contribution in [0.15, 0.2) is 47.6 Å². The molecule has 0 N–H and O–H groups in total. The first-order valence-electron chi connectivity index (χ1n) is 8.96. The number of allylic oxidation sites excluding steroid dienone is 4. The highest BCUT2D eigenvalue weighted by molar-refractivity contribution is 6.23. The fourth-order valence-corrected chi connectivity index (χ4v) is 4.67. The van der Waals surface area contributed by atoms with Gasteiger partial charge in [-0.3, -0.25) is 9.59 Å². The highest BCUT2D eigenvalue weighted by atomic mass is 16.5. The van der Waals surface area contributed by atoms with E-state index >= 15 is 0 Å². The van der Waals surface area contributed by atoms with E-state index in [1.807, 2.05) is 13.8 Å². The van der Waals surface area contributed by atoms with Gasteiger partial charge in [-0.15, -0.1) is 0 Å². The molecular formula is C21H21NO4. The van der Waals surface area contributed by atoms with Gasteiger partial charge in [-0.25, -0.2) is 9.69 Å². The van der Waals surface area contributed by atoms with Crippen molar-refractivity contribution >= 4 is 23.5 Å². The summed E-state index contributed by atoms with van der Waals surface area (Å²) in [4.78, 5) is 39.4. The molecule has 0 spiro atoms. The molecule has 4 rings (SSSR count). The van der Waals surface area contributed by atoms with Gasteiger partial charge in [-0.2, -0.15) is 0 Å². The van der Waals surface area contributed by atoms with Crippen LogP contribution in [0.25, 0.3) is 0 Å². The third-order valence-corrected chi connectivity index (χ3v) is 5.61. The van der Waals surface area contributed by atoms with Gasteiger partial charge in [0.25, 0.3) is 0 Å². The second kappa shape index (κ2) is 5.94. The molecule has 0 aromatic heterocycles. The fourth-order valence-electron chi connectivity index (χ4n) is 4.67. The largest absolute Gasteiger partial charge is 0.462 e. The van der Waals surface area contributed by atoms with Gasteiger partial charge in [-0.1, -0.05) is 29.4 Å². The molecular weight excluding hydrogens is 330 g/mol. The topological polar surface area (TPSA) is 63.7 Å². The number of rotatable bonds is 3. The molecule has 5 nitrogen and oxygen atoms in total. The Morgan fingerprint density at radius 2 is 1.69 bits per heavy atom. The number of anilines is 1. The summed E-state index contributed by atoms with van der Waals surface area (Å²) in [5, 5.41) is 0. The minimum absolute atomic E-state index is 0.0182. The molecule has 134 valence electrons. The van der Waals surface area contributed by atoms with Crippen molar-refractivity contribution in [1.82, 2.24) is 0 Å². The van der Waals surface area contributed by atoms with Crippen LogP contribution >= 0.6 is 0 Å². The monoisotopic (exact) mass is 351 g/mol. The van der Waals surface area contributed by atoms with Crippen LogP contribution in [0.3, 0.4) is 0 Å². The molecule has 4 unspecified atom stereocenters. The number of hydrogen-bond donors (Lipinski definition) is 0. The molecule has 2 aliphatic carbocycles. The summed E-state index contributed by atoms with van der Waals surface area (Å²) in [5.41, 5.74) is 3.20.